The first-order chi connectivity index (χ1) is 8.63. The Labute approximate surface area is 109 Å². The van der Waals surface area contributed by atoms with E-state index in [1.807, 2.05) is 0 Å². The van der Waals surface area contributed by atoms with E-state index in [-0.39, 0.29) is 18.6 Å². The SMILES string of the molecule is CS(=O)c1ccc(C(=O)N(CCO)C2CC2)cc1. The molecule has 1 saturated carbocycles. The minimum absolute atomic E-state index is 0.0146. The van der Waals surface area contributed by atoms with Gasteiger partial charge in [0.05, 0.1) is 6.61 Å². The average molecular weight is 267 g/mol. The molecule has 1 unspecified atom stereocenters. The molecule has 0 radical (unpaired) electrons. The first kappa shape index (κ1) is 13.2. The van der Waals surface area contributed by atoms with Crippen molar-refractivity contribution in [2.75, 3.05) is 19.4 Å². The first-order valence-corrected chi connectivity index (χ1v) is 7.54. The van der Waals surface area contributed by atoms with E-state index in [0.717, 1.165) is 12.8 Å². The van der Waals surface area contributed by atoms with Gasteiger partial charge in [-0.25, -0.2) is 0 Å². The van der Waals surface area contributed by atoms with Crippen molar-refractivity contribution >= 4 is 16.7 Å². The molecule has 98 valence electrons. The number of aliphatic hydroxyl groups excluding tert-OH is 1. The van der Waals surface area contributed by atoms with Gasteiger partial charge in [-0.3, -0.25) is 9.00 Å². The van der Waals surface area contributed by atoms with Gasteiger partial charge in [0, 0.05) is 40.1 Å². The molecule has 0 aliphatic heterocycles. The van der Waals surface area contributed by atoms with E-state index in [1.54, 1.807) is 35.4 Å². The van der Waals surface area contributed by atoms with Crippen molar-refractivity contribution < 1.29 is 14.1 Å². The number of rotatable bonds is 5. The molecule has 1 N–H and O–H groups in total. The van der Waals surface area contributed by atoms with Crippen LogP contribution in [0.5, 0.6) is 0 Å². The van der Waals surface area contributed by atoms with E-state index in [9.17, 15) is 9.00 Å². The van der Waals surface area contributed by atoms with Crippen molar-refractivity contribution in [3.8, 4) is 0 Å². The fraction of sp³-hybridized carbons (Fsp3) is 0.462. The van der Waals surface area contributed by atoms with Crippen molar-refractivity contribution in [2.24, 2.45) is 0 Å². The fourth-order valence-corrected chi connectivity index (χ4v) is 2.42. The molecule has 1 aliphatic carbocycles. The van der Waals surface area contributed by atoms with Gasteiger partial charge in [-0.05, 0) is 37.1 Å². The molecular weight excluding hydrogens is 250 g/mol. The lowest BCUT2D eigenvalue weighted by Gasteiger charge is -2.21. The summed E-state index contributed by atoms with van der Waals surface area (Å²) >= 11 is 0. The average Bonchev–Trinajstić information content (AvgIpc) is 3.19. The lowest BCUT2D eigenvalue weighted by molar-refractivity contribution is 0.0707. The van der Waals surface area contributed by atoms with Gasteiger partial charge in [-0.1, -0.05) is 0 Å². The topological polar surface area (TPSA) is 57.6 Å². The molecule has 1 aromatic rings. The van der Waals surface area contributed by atoms with Gasteiger partial charge < -0.3 is 10.0 Å². The maximum Gasteiger partial charge on any atom is 0.254 e. The zero-order valence-electron chi connectivity index (χ0n) is 10.3. The molecule has 4 nitrogen and oxygen atoms in total. The summed E-state index contributed by atoms with van der Waals surface area (Å²) in [5.41, 5.74) is 0.588. The second-order valence-electron chi connectivity index (χ2n) is 4.43. The molecule has 5 heteroatoms. The van der Waals surface area contributed by atoms with E-state index in [1.165, 1.54) is 0 Å². The van der Waals surface area contributed by atoms with Crippen LogP contribution in [0.3, 0.4) is 0 Å². The van der Waals surface area contributed by atoms with Gasteiger partial charge in [-0.2, -0.15) is 0 Å². The number of aliphatic hydroxyl groups is 1. The number of nitrogens with zero attached hydrogens (tertiary/aromatic N) is 1. The van der Waals surface area contributed by atoms with Gasteiger partial charge in [-0.15, -0.1) is 0 Å². The summed E-state index contributed by atoms with van der Waals surface area (Å²) in [4.78, 5) is 14.7. The lowest BCUT2D eigenvalue weighted by Crippen LogP contribution is -2.35. The van der Waals surface area contributed by atoms with Gasteiger partial charge in [0.15, 0.2) is 0 Å². The Balaban J connectivity index is 2.13. The van der Waals surface area contributed by atoms with Gasteiger partial charge in [0.25, 0.3) is 5.91 Å². The van der Waals surface area contributed by atoms with Crippen molar-refractivity contribution in [1.82, 2.24) is 4.90 Å². The Bertz CT molecular complexity index is 454. The minimum atomic E-state index is -1.03. The highest BCUT2D eigenvalue weighted by atomic mass is 32.2. The normalized spacial score (nSPS) is 16.3. The van der Waals surface area contributed by atoms with Crippen molar-refractivity contribution in [3.63, 3.8) is 0 Å². The predicted molar refractivity (Wildman–Crippen MR) is 69.9 cm³/mol. The summed E-state index contributed by atoms with van der Waals surface area (Å²) < 4.78 is 11.3. The summed E-state index contributed by atoms with van der Waals surface area (Å²) in [5.74, 6) is -0.0556. The molecule has 1 fully saturated rings. The summed E-state index contributed by atoms with van der Waals surface area (Å²) in [7, 11) is -1.03. The largest absolute Gasteiger partial charge is 0.395 e. The van der Waals surface area contributed by atoms with Crippen molar-refractivity contribution in [3.05, 3.63) is 29.8 Å². The molecular formula is C13H17NO3S. The molecule has 1 aliphatic rings. The highest BCUT2D eigenvalue weighted by Gasteiger charge is 2.32. The molecule has 2 rings (SSSR count). The minimum Gasteiger partial charge on any atom is -0.395 e. The molecule has 0 aromatic heterocycles. The predicted octanol–water partition coefficient (Wildman–Crippen LogP) is 1.02. The maximum atomic E-state index is 12.2. The monoisotopic (exact) mass is 267 g/mol. The number of amides is 1. The standard InChI is InChI=1S/C13H17NO3S/c1-18(17)12-6-2-10(3-7-12)13(16)14(8-9-15)11-4-5-11/h2-3,6-7,11,15H,4-5,8-9H2,1H3. The zero-order valence-corrected chi connectivity index (χ0v) is 11.2. The van der Waals surface area contributed by atoms with Crippen molar-refractivity contribution in [2.45, 2.75) is 23.8 Å². The maximum absolute atomic E-state index is 12.2. The molecule has 1 aromatic carbocycles. The molecule has 0 saturated heterocycles. The molecule has 0 spiro atoms. The molecule has 18 heavy (non-hydrogen) atoms. The quantitative estimate of drug-likeness (QED) is 0.866. The van der Waals surface area contributed by atoms with Crippen LogP contribution in [0.4, 0.5) is 0 Å². The van der Waals surface area contributed by atoms with Crippen LogP contribution in [-0.4, -0.2) is 45.6 Å². The zero-order chi connectivity index (χ0) is 13.1. The van der Waals surface area contributed by atoms with Gasteiger partial charge in [0.1, 0.15) is 0 Å². The number of carbonyl (C=O) groups is 1. The van der Waals surface area contributed by atoms with Crippen LogP contribution < -0.4 is 0 Å². The second-order valence-corrected chi connectivity index (χ2v) is 5.81. The second kappa shape index (κ2) is 5.63. The fourth-order valence-electron chi connectivity index (χ4n) is 1.90. The highest BCUT2D eigenvalue weighted by Crippen LogP contribution is 2.28. The number of carbonyl (C=O) groups excluding carboxylic acids is 1. The van der Waals surface area contributed by atoms with Crippen LogP contribution in [0, 0.1) is 0 Å². The summed E-state index contributed by atoms with van der Waals surface area (Å²) in [6, 6.07) is 7.11. The third-order valence-electron chi connectivity index (χ3n) is 3.02. The van der Waals surface area contributed by atoms with E-state index >= 15 is 0 Å². The molecule has 1 atom stereocenters. The van der Waals surface area contributed by atoms with Crippen LogP contribution in [0.1, 0.15) is 23.2 Å². The third kappa shape index (κ3) is 2.97. The van der Waals surface area contributed by atoms with E-state index in [0.29, 0.717) is 17.0 Å². The Morgan fingerprint density at radius 2 is 2.00 bits per heavy atom. The summed E-state index contributed by atoms with van der Waals surface area (Å²) in [5, 5.41) is 8.99. The molecule has 1 amide bonds. The summed E-state index contributed by atoms with van der Waals surface area (Å²) in [6.07, 6.45) is 3.64. The Morgan fingerprint density at radius 3 is 2.44 bits per heavy atom. The third-order valence-corrected chi connectivity index (χ3v) is 3.96. The van der Waals surface area contributed by atoms with Crippen LogP contribution in [0.25, 0.3) is 0 Å². The molecule has 0 bridgehead atoms. The van der Waals surface area contributed by atoms with Crippen LogP contribution in [-0.2, 0) is 10.8 Å². The Hall–Kier alpha value is -1.20. The Morgan fingerprint density at radius 1 is 1.39 bits per heavy atom. The van der Waals surface area contributed by atoms with Crippen LogP contribution >= 0.6 is 0 Å². The van der Waals surface area contributed by atoms with Gasteiger partial charge >= 0.3 is 0 Å². The van der Waals surface area contributed by atoms with Crippen molar-refractivity contribution in [1.29, 1.82) is 0 Å². The highest BCUT2D eigenvalue weighted by molar-refractivity contribution is 7.84. The molecule has 0 heterocycles. The Kier molecular flexibility index (Phi) is 4.14. The summed E-state index contributed by atoms with van der Waals surface area (Å²) in [6.45, 7) is 0.365. The lowest BCUT2D eigenvalue weighted by atomic mass is 10.2. The first-order valence-electron chi connectivity index (χ1n) is 5.99. The number of benzene rings is 1. The van der Waals surface area contributed by atoms with E-state index < -0.39 is 10.8 Å². The smallest absolute Gasteiger partial charge is 0.254 e. The van der Waals surface area contributed by atoms with Crippen LogP contribution in [0.2, 0.25) is 0 Å². The van der Waals surface area contributed by atoms with Gasteiger partial charge in [0.2, 0.25) is 0 Å². The number of hydrogen-bond acceptors (Lipinski definition) is 3. The van der Waals surface area contributed by atoms with E-state index in [4.69, 9.17) is 5.11 Å². The van der Waals surface area contributed by atoms with Crippen LogP contribution in [0.15, 0.2) is 29.2 Å². The van der Waals surface area contributed by atoms with E-state index in [2.05, 4.69) is 0 Å². The number of hydrogen-bond donors (Lipinski definition) is 1.